The van der Waals surface area contributed by atoms with Gasteiger partial charge in [-0.25, -0.2) is 0 Å². The van der Waals surface area contributed by atoms with Gasteiger partial charge in [0.05, 0.1) is 6.42 Å². The van der Waals surface area contributed by atoms with E-state index in [4.69, 9.17) is 14.6 Å². The van der Waals surface area contributed by atoms with Crippen LogP contribution < -0.4 is 9.47 Å². The highest BCUT2D eigenvalue weighted by atomic mass is 16.6. The number of rotatable bonds is 4. The lowest BCUT2D eigenvalue weighted by atomic mass is 9.85. The molecule has 0 spiro atoms. The predicted molar refractivity (Wildman–Crippen MR) is 66.3 cm³/mol. The summed E-state index contributed by atoms with van der Waals surface area (Å²) in [5, 5.41) is 19.7. The number of carboxylic acid groups (broad SMARTS) is 1. The third-order valence-corrected chi connectivity index (χ3v) is 3.72. The van der Waals surface area contributed by atoms with Crippen molar-refractivity contribution in [3.63, 3.8) is 0 Å². The molecule has 2 N–H and O–H groups in total. The second kappa shape index (κ2) is 4.42. The predicted octanol–water partition coefficient (Wildman–Crippen LogP) is 1.53. The molecule has 3 rings (SSSR count). The summed E-state index contributed by atoms with van der Waals surface area (Å²) >= 11 is 0. The number of carboxylic acids is 1. The van der Waals surface area contributed by atoms with Gasteiger partial charge in [0.15, 0.2) is 11.5 Å². The van der Waals surface area contributed by atoms with Gasteiger partial charge in [-0.3, -0.25) is 4.79 Å². The number of hydrogen-bond acceptors (Lipinski definition) is 4. The molecule has 1 aliphatic carbocycles. The number of aliphatic carboxylic acids is 1. The molecule has 1 aromatic rings. The molecule has 19 heavy (non-hydrogen) atoms. The van der Waals surface area contributed by atoms with Crippen molar-refractivity contribution in [1.29, 1.82) is 0 Å². The Balaban J connectivity index is 1.96. The summed E-state index contributed by atoms with van der Waals surface area (Å²) in [6, 6.07) is 5.17. The zero-order valence-corrected chi connectivity index (χ0v) is 10.5. The molecular weight excluding hydrogens is 248 g/mol. The monoisotopic (exact) mass is 264 g/mol. The maximum atomic E-state index is 11.0. The molecule has 1 saturated carbocycles. The van der Waals surface area contributed by atoms with E-state index in [0.717, 1.165) is 12.8 Å². The number of carbonyl (C=O) groups is 1. The summed E-state index contributed by atoms with van der Waals surface area (Å²) in [7, 11) is 0. The summed E-state index contributed by atoms with van der Waals surface area (Å²) in [6.07, 6.45) is 1.44. The van der Waals surface area contributed by atoms with E-state index in [1.165, 1.54) is 0 Å². The van der Waals surface area contributed by atoms with E-state index < -0.39 is 11.6 Å². The summed E-state index contributed by atoms with van der Waals surface area (Å²) in [5.41, 5.74) is -0.705. The molecule has 2 aliphatic rings. The van der Waals surface area contributed by atoms with Crippen LogP contribution in [-0.4, -0.2) is 29.4 Å². The third-order valence-electron chi connectivity index (χ3n) is 3.72. The van der Waals surface area contributed by atoms with Crippen molar-refractivity contribution in [1.82, 2.24) is 0 Å². The largest absolute Gasteiger partial charge is 0.486 e. The van der Waals surface area contributed by atoms with Crippen LogP contribution in [0, 0.1) is 5.92 Å². The Hall–Kier alpha value is -1.75. The van der Waals surface area contributed by atoms with Crippen molar-refractivity contribution in [3.8, 4) is 11.5 Å². The normalized spacial score (nSPS) is 20.7. The van der Waals surface area contributed by atoms with Crippen molar-refractivity contribution < 1.29 is 24.5 Å². The zero-order valence-electron chi connectivity index (χ0n) is 10.5. The molecule has 1 aliphatic heterocycles. The first-order valence-electron chi connectivity index (χ1n) is 6.44. The lowest BCUT2D eigenvalue weighted by Crippen LogP contribution is -2.31. The number of aliphatic hydroxyl groups is 1. The van der Waals surface area contributed by atoms with Gasteiger partial charge in [-0.1, -0.05) is 6.07 Å². The fourth-order valence-corrected chi connectivity index (χ4v) is 2.59. The molecule has 1 heterocycles. The molecule has 5 heteroatoms. The first-order valence-corrected chi connectivity index (χ1v) is 6.44. The second-order valence-electron chi connectivity index (χ2n) is 5.13. The van der Waals surface area contributed by atoms with Crippen molar-refractivity contribution in [3.05, 3.63) is 23.8 Å². The van der Waals surface area contributed by atoms with E-state index in [9.17, 15) is 9.90 Å². The molecule has 0 radical (unpaired) electrons. The van der Waals surface area contributed by atoms with Gasteiger partial charge in [0.2, 0.25) is 0 Å². The molecule has 0 saturated heterocycles. The molecule has 5 nitrogen and oxygen atoms in total. The lowest BCUT2D eigenvalue weighted by molar-refractivity contribution is -0.144. The van der Waals surface area contributed by atoms with Crippen molar-refractivity contribution >= 4 is 5.97 Å². The van der Waals surface area contributed by atoms with E-state index in [2.05, 4.69) is 0 Å². The quantitative estimate of drug-likeness (QED) is 0.862. The van der Waals surface area contributed by atoms with Crippen LogP contribution in [0.15, 0.2) is 18.2 Å². The number of hydrogen-bond donors (Lipinski definition) is 2. The Labute approximate surface area is 110 Å². The molecule has 0 bridgehead atoms. The highest BCUT2D eigenvalue weighted by Crippen LogP contribution is 2.49. The van der Waals surface area contributed by atoms with Crippen LogP contribution in [-0.2, 0) is 10.4 Å². The number of benzene rings is 1. The van der Waals surface area contributed by atoms with Crippen LogP contribution in [0.5, 0.6) is 11.5 Å². The summed E-state index contributed by atoms with van der Waals surface area (Å²) < 4.78 is 10.9. The summed E-state index contributed by atoms with van der Waals surface area (Å²) in [5.74, 6) is 0.243. The first kappa shape index (κ1) is 12.3. The van der Waals surface area contributed by atoms with E-state index >= 15 is 0 Å². The minimum atomic E-state index is -1.30. The van der Waals surface area contributed by atoms with Crippen molar-refractivity contribution in [2.45, 2.75) is 24.9 Å². The van der Waals surface area contributed by atoms with Gasteiger partial charge in [-0.2, -0.15) is 0 Å². The van der Waals surface area contributed by atoms with E-state index in [0.29, 0.717) is 30.3 Å². The average Bonchev–Trinajstić information content (AvgIpc) is 3.22. The van der Waals surface area contributed by atoms with Crippen LogP contribution in [0.4, 0.5) is 0 Å². The Morgan fingerprint density at radius 3 is 2.58 bits per heavy atom. The fourth-order valence-electron chi connectivity index (χ4n) is 2.59. The molecule has 1 atom stereocenters. The topological polar surface area (TPSA) is 76.0 Å². The van der Waals surface area contributed by atoms with Gasteiger partial charge in [-0.15, -0.1) is 0 Å². The minimum Gasteiger partial charge on any atom is -0.486 e. The van der Waals surface area contributed by atoms with Gasteiger partial charge in [0, 0.05) is 0 Å². The maximum absolute atomic E-state index is 11.0. The number of fused-ring (bicyclic) bond motifs is 1. The molecule has 0 aromatic heterocycles. The maximum Gasteiger partial charge on any atom is 0.306 e. The molecule has 1 aromatic carbocycles. The van der Waals surface area contributed by atoms with Gasteiger partial charge < -0.3 is 19.7 Å². The first-order chi connectivity index (χ1) is 9.09. The van der Waals surface area contributed by atoms with Crippen molar-refractivity contribution in [2.75, 3.05) is 13.2 Å². The minimum absolute atomic E-state index is 0.0196. The van der Waals surface area contributed by atoms with Crippen LogP contribution in [0.25, 0.3) is 0 Å². The highest BCUT2D eigenvalue weighted by Gasteiger charge is 2.46. The Morgan fingerprint density at radius 2 is 1.95 bits per heavy atom. The molecule has 102 valence electrons. The Kier molecular flexibility index (Phi) is 2.86. The molecular formula is C14H16O5. The Morgan fingerprint density at radius 1 is 1.26 bits per heavy atom. The highest BCUT2D eigenvalue weighted by molar-refractivity contribution is 5.69. The van der Waals surface area contributed by atoms with E-state index in [1.807, 2.05) is 0 Å². The number of ether oxygens (including phenoxy) is 2. The molecule has 1 unspecified atom stereocenters. The van der Waals surface area contributed by atoms with Crippen molar-refractivity contribution in [2.24, 2.45) is 5.92 Å². The van der Waals surface area contributed by atoms with Gasteiger partial charge in [0.25, 0.3) is 0 Å². The second-order valence-corrected chi connectivity index (χ2v) is 5.13. The zero-order chi connectivity index (χ0) is 13.5. The third kappa shape index (κ3) is 2.26. The standard InChI is InChI=1S/C14H16O5/c15-13(16)8-14(17,9-1-2-9)10-3-4-11-12(7-10)19-6-5-18-11/h3-4,7,9,17H,1-2,5-6,8H2,(H,15,16). The van der Waals surface area contributed by atoms with Gasteiger partial charge in [0.1, 0.15) is 18.8 Å². The summed E-state index contributed by atoms with van der Waals surface area (Å²) in [6.45, 7) is 0.978. The fraction of sp³-hybridized carbons (Fsp3) is 0.500. The van der Waals surface area contributed by atoms with Gasteiger partial charge >= 0.3 is 5.97 Å². The summed E-state index contributed by atoms with van der Waals surface area (Å²) in [4.78, 5) is 11.0. The van der Waals surface area contributed by atoms with Gasteiger partial charge in [-0.05, 0) is 36.5 Å². The van der Waals surface area contributed by atoms with E-state index in [1.54, 1.807) is 18.2 Å². The smallest absolute Gasteiger partial charge is 0.306 e. The average molecular weight is 264 g/mol. The van der Waals surface area contributed by atoms with Crippen LogP contribution in [0.3, 0.4) is 0 Å². The van der Waals surface area contributed by atoms with E-state index in [-0.39, 0.29) is 12.3 Å². The molecule has 1 fully saturated rings. The Bertz CT molecular complexity index is 509. The SMILES string of the molecule is O=C(O)CC(O)(c1ccc2c(c1)OCCO2)C1CC1. The molecule has 0 amide bonds. The lowest BCUT2D eigenvalue weighted by Gasteiger charge is -2.28. The van der Waals surface area contributed by atoms with Crippen LogP contribution in [0.1, 0.15) is 24.8 Å². The van der Waals surface area contributed by atoms with Crippen LogP contribution >= 0.6 is 0 Å². The van der Waals surface area contributed by atoms with Crippen LogP contribution in [0.2, 0.25) is 0 Å².